The number of rotatable bonds is 8. The van der Waals surface area contributed by atoms with Gasteiger partial charge in [0, 0.05) is 13.6 Å². The molecule has 0 saturated heterocycles. The number of carbonyl (C=O) groups is 1. The molecule has 2 N–H and O–H groups in total. The van der Waals surface area contributed by atoms with Crippen molar-refractivity contribution in [2.75, 3.05) is 20.2 Å². The van der Waals surface area contributed by atoms with E-state index in [2.05, 4.69) is 29.6 Å². The molecule has 0 aliphatic heterocycles. The van der Waals surface area contributed by atoms with Gasteiger partial charge in [0.1, 0.15) is 5.75 Å². The standard InChI is InChI=1S/C19H24N2O3/c1-21(23)19(22)20-14-6-3-7-15-24-18-12-10-17(11-13-18)16-8-4-2-5-9-16/h2,4-5,8-13,23H,3,6-7,14-15H2,1H3,(H,20,22). The Labute approximate surface area is 142 Å². The minimum Gasteiger partial charge on any atom is -0.494 e. The molecule has 128 valence electrons. The maximum absolute atomic E-state index is 11.1. The second-order valence-corrected chi connectivity index (χ2v) is 5.56. The molecule has 2 amide bonds. The van der Waals surface area contributed by atoms with Gasteiger partial charge in [0.25, 0.3) is 0 Å². The third-order valence-corrected chi connectivity index (χ3v) is 3.62. The van der Waals surface area contributed by atoms with Crippen LogP contribution in [0.4, 0.5) is 4.79 Å². The molecule has 5 nitrogen and oxygen atoms in total. The second kappa shape index (κ2) is 9.57. The van der Waals surface area contributed by atoms with E-state index in [9.17, 15) is 4.79 Å². The number of nitrogens with one attached hydrogen (secondary N) is 1. The Balaban J connectivity index is 1.62. The molecule has 0 fully saturated rings. The Morgan fingerprint density at radius 3 is 2.33 bits per heavy atom. The first-order valence-electron chi connectivity index (χ1n) is 8.15. The summed E-state index contributed by atoms with van der Waals surface area (Å²) in [5.74, 6) is 0.866. The van der Waals surface area contributed by atoms with E-state index >= 15 is 0 Å². The van der Waals surface area contributed by atoms with E-state index in [1.807, 2.05) is 30.3 Å². The van der Waals surface area contributed by atoms with Gasteiger partial charge in [-0.1, -0.05) is 42.5 Å². The van der Waals surface area contributed by atoms with Crippen LogP contribution < -0.4 is 10.1 Å². The van der Waals surface area contributed by atoms with E-state index in [1.165, 1.54) is 18.2 Å². The lowest BCUT2D eigenvalue weighted by atomic mass is 10.1. The van der Waals surface area contributed by atoms with E-state index in [0.29, 0.717) is 18.2 Å². The lowest BCUT2D eigenvalue weighted by Gasteiger charge is -2.10. The molecule has 0 saturated carbocycles. The zero-order valence-corrected chi connectivity index (χ0v) is 13.9. The van der Waals surface area contributed by atoms with Crippen molar-refractivity contribution in [1.29, 1.82) is 0 Å². The predicted molar refractivity (Wildman–Crippen MR) is 94.2 cm³/mol. The van der Waals surface area contributed by atoms with E-state index in [-0.39, 0.29) is 0 Å². The SMILES string of the molecule is CN(O)C(=O)NCCCCCOc1ccc(-c2ccccc2)cc1. The van der Waals surface area contributed by atoms with Gasteiger partial charge >= 0.3 is 6.03 Å². The van der Waals surface area contributed by atoms with Gasteiger partial charge in [0.2, 0.25) is 0 Å². The largest absolute Gasteiger partial charge is 0.494 e. The number of hydrogen-bond donors (Lipinski definition) is 2. The molecular formula is C19H24N2O3. The topological polar surface area (TPSA) is 61.8 Å². The maximum atomic E-state index is 11.1. The minimum absolute atomic E-state index is 0.482. The Hall–Kier alpha value is -2.53. The van der Waals surface area contributed by atoms with Crippen molar-refractivity contribution in [1.82, 2.24) is 10.4 Å². The van der Waals surface area contributed by atoms with Crippen molar-refractivity contribution in [3.05, 3.63) is 54.6 Å². The van der Waals surface area contributed by atoms with E-state index in [4.69, 9.17) is 9.94 Å². The molecule has 0 spiro atoms. The molecular weight excluding hydrogens is 304 g/mol. The molecule has 0 aliphatic carbocycles. The summed E-state index contributed by atoms with van der Waals surface area (Å²) in [6.45, 7) is 1.20. The molecule has 5 heteroatoms. The molecule has 0 aromatic heterocycles. The number of benzene rings is 2. The van der Waals surface area contributed by atoms with Crippen LogP contribution in [-0.4, -0.2) is 36.5 Å². The molecule has 0 aliphatic rings. The zero-order chi connectivity index (χ0) is 17.2. The van der Waals surface area contributed by atoms with E-state index in [0.717, 1.165) is 25.0 Å². The Bertz CT molecular complexity index is 612. The van der Waals surface area contributed by atoms with Crippen molar-refractivity contribution in [3.8, 4) is 16.9 Å². The quantitative estimate of drug-likeness (QED) is 0.438. The van der Waals surface area contributed by atoms with Crippen LogP contribution in [0.15, 0.2) is 54.6 Å². The number of amides is 2. The molecule has 2 aromatic carbocycles. The highest BCUT2D eigenvalue weighted by molar-refractivity contribution is 5.72. The van der Waals surface area contributed by atoms with Gasteiger partial charge in [-0.3, -0.25) is 5.21 Å². The summed E-state index contributed by atoms with van der Waals surface area (Å²) in [6, 6.07) is 17.9. The van der Waals surface area contributed by atoms with Crippen LogP contribution in [0.25, 0.3) is 11.1 Å². The van der Waals surface area contributed by atoms with Crippen molar-refractivity contribution in [2.24, 2.45) is 0 Å². The fourth-order valence-electron chi connectivity index (χ4n) is 2.28. The average Bonchev–Trinajstić information content (AvgIpc) is 2.62. The molecule has 0 heterocycles. The summed E-state index contributed by atoms with van der Waals surface area (Å²) in [7, 11) is 1.30. The fraction of sp³-hybridized carbons (Fsp3) is 0.316. The number of hydrogen-bond acceptors (Lipinski definition) is 3. The van der Waals surface area contributed by atoms with Gasteiger partial charge in [0.05, 0.1) is 6.61 Å². The molecule has 24 heavy (non-hydrogen) atoms. The summed E-state index contributed by atoms with van der Waals surface area (Å²) >= 11 is 0. The lowest BCUT2D eigenvalue weighted by Crippen LogP contribution is -2.35. The average molecular weight is 328 g/mol. The summed E-state index contributed by atoms with van der Waals surface area (Å²) < 4.78 is 5.73. The number of unbranched alkanes of at least 4 members (excludes halogenated alkanes) is 2. The summed E-state index contributed by atoms with van der Waals surface area (Å²) in [5, 5.41) is 12.0. The molecule has 0 radical (unpaired) electrons. The first-order valence-corrected chi connectivity index (χ1v) is 8.15. The Morgan fingerprint density at radius 2 is 1.67 bits per heavy atom. The highest BCUT2D eigenvalue weighted by atomic mass is 16.5. The first-order chi connectivity index (χ1) is 11.7. The van der Waals surface area contributed by atoms with Crippen LogP contribution in [0.5, 0.6) is 5.75 Å². The van der Waals surface area contributed by atoms with E-state index < -0.39 is 6.03 Å². The fourth-order valence-corrected chi connectivity index (χ4v) is 2.28. The van der Waals surface area contributed by atoms with Gasteiger partial charge in [-0.2, -0.15) is 0 Å². The highest BCUT2D eigenvalue weighted by Crippen LogP contribution is 2.22. The number of urea groups is 1. The van der Waals surface area contributed by atoms with Crippen molar-refractivity contribution >= 4 is 6.03 Å². The Morgan fingerprint density at radius 1 is 1.00 bits per heavy atom. The zero-order valence-electron chi connectivity index (χ0n) is 13.9. The molecule has 0 bridgehead atoms. The van der Waals surface area contributed by atoms with Gasteiger partial charge in [-0.15, -0.1) is 0 Å². The van der Waals surface area contributed by atoms with Crippen LogP contribution in [0.1, 0.15) is 19.3 Å². The Kier molecular flexibility index (Phi) is 7.11. The van der Waals surface area contributed by atoms with Crippen molar-refractivity contribution in [2.45, 2.75) is 19.3 Å². The lowest BCUT2D eigenvalue weighted by molar-refractivity contribution is -0.0182. The van der Waals surface area contributed by atoms with Crippen LogP contribution in [-0.2, 0) is 0 Å². The monoisotopic (exact) mass is 328 g/mol. The molecule has 2 rings (SSSR count). The van der Waals surface area contributed by atoms with Crippen LogP contribution in [0, 0.1) is 0 Å². The second-order valence-electron chi connectivity index (χ2n) is 5.56. The van der Waals surface area contributed by atoms with Crippen LogP contribution in [0.2, 0.25) is 0 Å². The first kappa shape index (κ1) is 17.8. The summed E-state index contributed by atoms with van der Waals surface area (Å²) in [4.78, 5) is 11.1. The van der Waals surface area contributed by atoms with Gasteiger partial charge in [-0.05, 0) is 42.5 Å². The van der Waals surface area contributed by atoms with Crippen molar-refractivity contribution in [3.63, 3.8) is 0 Å². The van der Waals surface area contributed by atoms with Crippen molar-refractivity contribution < 1.29 is 14.7 Å². The van der Waals surface area contributed by atoms with Crippen LogP contribution >= 0.6 is 0 Å². The van der Waals surface area contributed by atoms with E-state index in [1.54, 1.807) is 0 Å². The normalized spacial score (nSPS) is 10.2. The third kappa shape index (κ3) is 5.93. The molecule has 2 aromatic rings. The van der Waals surface area contributed by atoms with Gasteiger partial charge in [0.15, 0.2) is 0 Å². The van der Waals surface area contributed by atoms with Gasteiger partial charge < -0.3 is 10.1 Å². The summed E-state index contributed by atoms with van der Waals surface area (Å²) in [6.07, 6.45) is 2.73. The number of nitrogens with zero attached hydrogens (tertiary/aromatic N) is 1. The molecule has 0 atom stereocenters. The van der Waals surface area contributed by atoms with Crippen LogP contribution in [0.3, 0.4) is 0 Å². The number of ether oxygens (including phenoxy) is 1. The smallest absolute Gasteiger partial charge is 0.340 e. The maximum Gasteiger partial charge on any atom is 0.340 e. The third-order valence-electron chi connectivity index (χ3n) is 3.62. The van der Waals surface area contributed by atoms with Gasteiger partial charge in [-0.25, -0.2) is 9.86 Å². The molecule has 0 unspecified atom stereocenters. The number of hydroxylamine groups is 2. The number of carbonyl (C=O) groups excluding carboxylic acids is 1. The predicted octanol–water partition coefficient (Wildman–Crippen LogP) is 3.93. The minimum atomic E-state index is -0.482. The highest BCUT2D eigenvalue weighted by Gasteiger charge is 2.02. The summed E-state index contributed by atoms with van der Waals surface area (Å²) in [5.41, 5.74) is 2.37.